The van der Waals surface area contributed by atoms with Crippen molar-refractivity contribution in [3.8, 4) is 0 Å². The van der Waals surface area contributed by atoms with Crippen LogP contribution in [0.2, 0.25) is 0 Å². The molecule has 0 fully saturated rings. The molecule has 0 heterocycles. The molecule has 2 aromatic carbocycles. The molecule has 2 aromatic rings. The molecule has 3 heteroatoms. The minimum Gasteiger partial charge on any atom is -0.377 e. The van der Waals surface area contributed by atoms with Gasteiger partial charge in [-0.2, -0.15) is 0 Å². The Kier molecular flexibility index (Phi) is 5.93. The van der Waals surface area contributed by atoms with E-state index in [1.807, 2.05) is 36.4 Å². The second-order valence-electron chi connectivity index (χ2n) is 4.65. The van der Waals surface area contributed by atoms with Crippen LogP contribution in [0.15, 0.2) is 60.7 Å². The number of ether oxygens (including phenoxy) is 1. The van der Waals surface area contributed by atoms with E-state index in [0.29, 0.717) is 6.61 Å². The molecule has 0 aromatic heterocycles. The minimum absolute atomic E-state index is 0.0475. The van der Waals surface area contributed by atoms with Gasteiger partial charge in [-0.25, -0.2) is 0 Å². The first kappa shape index (κ1) is 14.4. The lowest BCUT2D eigenvalue weighted by Crippen LogP contribution is -2.33. The SMILES string of the molecule is CCCOCC(Nc1ccccc1)Nc1ccccc1. The average Bonchev–Trinajstić information content (AvgIpc) is 2.49. The Bertz CT molecular complexity index is 431. The highest BCUT2D eigenvalue weighted by molar-refractivity contribution is 5.49. The summed E-state index contributed by atoms with van der Waals surface area (Å²) in [6.07, 6.45) is 1.08. The molecule has 20 heavy (non-hydrogen) atoms. The van der Waals surface area contributed by atoms with Gasteiger partial charge in [-0.05, 0) is 30.7 Å². The van der Waals surface area contributed by atoms with Gasteiger partial charge in [-0.15, -0.1) is 0 Å². The number of benzene rings is 2. The molecule has 0 saturated carbocycles. The summed E-state index contributed by atoms with van der Waals surface area (Å²) in [7, 11) is 0. The molecule has 0 saturated heterocycles. The van der Waals surface area contributed by atoms with Gasteiger partial charge in [-0.3, -0.25) is 0 Å². The second-order valence-corrected chi connectivity index (χ2v) is 4.65. The smallest absolute Gasteiger partial charge is 0.121 e. The van der Waals surface area contributed by atoms with Crippen molar-refractivity contribution in [1.82, 2.24) is 0 Å². The standard InChI is InChI=1S/C17H22N2O/c1-2-13-20-14-17(18-15-9-5-3-6-10-15)19-16-11-7-4-8-12-16/h3-12,17-19H,2,13-14H2,1H3. The maximum Gasteiger partial charge on any atom is 0.121 e. The van der Waals surface area contributed by atoms with Crippen molar-refractivity contribution in [2.45, 2.75) is 19.5 Å². The number of nitrogens with one attached hydrogen (secondary N) is 2. The van der Waals surface area contributed by atoms with Crippen LogP contribution in [0.3, 0.4) is 0 Å². The fraction of sp³-hybridized carbons (Fsp3) is 0.294. The maximum atomic E-state index is 5.66. The van der Waals surface area contributed by atoms with Crippen LogP contribution in [-0.4, -0.2) is 19.4 Å². The van der Waals surface area contributed by atoms with Crippen LogP contribution >= 0.6 is 0 Å². The zero-order chi connectivity index (χ0) is 14.0. The fourth-order valence-electron chi connectivity index (χ4n) is 1.94. The summed E-state index contributed by atoms with van der Waals surface area (Å²) in [5, 5.41) is 6.90. The maximum absolute atomic E-state index is 5.66. The van der Waals surface area contributed by atoms with Crippen molar-refractivity contribution in [3.63, 3.8) is 0 Å². The zero-order valence-electron chi connectivity index (χ0n) is 11.9. The molecule has 0 bridgehead atoms. The predicted molar refractivity (Wildman–Crippen MR) is 85.0 cm³/mol. The lowest BCUT2D eigenvalue weighted by atomic mass is 10.3. The summed E-state index contributed by atoms with van der Waals surface area (Å²) in [6.45, 7) is 3.52. The number of hydrogen-bond donors (Lipinski definition) is 2. The molecule has 106 valence electrons. The lowest BCUT2D eigenvalue weighted by molar-refractivity contribution is 0.130. The van der Waals surface area contributed by atoms with Gasteiger partial charge in [-0.1, -0.05) is 43.3 Å². The van der Waals surface area contributed by atoms with E-state index in [1.54, 1.807) is 0 Å². The van der Waals surface area contributed by atoms with Crippen LogP contribution in [0.4, 0.5) is 11.4 Å². The molecule has 0 aliphatic rings. The van der Waals surface area contributed by atoms with Gasteiger partial charge in [0, 0.05) is 18.0 Å². The highest BCUT2D eigenvalue weighted by Gasteiger charge is 2.08. The highest BCUT2D eigenvalue weighted by atomic mass is 16.5. The van der Waals surface area contributed by atoms with E-state index < -0.39 is 0 Å². The number of hydrogen-bond acceptors (Lipinski definition) is 3. The molecule has 0 atom stereocenters. The molecule has 0 aliphatic carbocycles. The average molecular weight is 270 g/mol. The number of anilines is 2. The minimum atomic E-state index is 0.0475. The summed E-state index contributed by atoms with van der Waals surface area (Å²) in [5.41, 5.74) is 2.17. The topological polar surface area (TPSA) is 33.3 Å². The summed E-state index contributed by atoms with van der Waals surface area (Å²) in [5.74, 6) is 0. The Balaban J connectivity index is 1.96. The molecule has 3 nitrogen and oxygen atoms in total. The Morgan fingerprint density at radius 3 is 1.80 bits per heavy atom. The monoisotopic (exact) mass is 270 g/mol. The normalized spacial score (nSPS) is 10.5. The number of para-hydroxylation sites is 2. The third-order valence-corrected chi connectivity index (χ3v) is 2.86. The van der Waals surface area contributed by atoms with Gasteiger partial charge < -0.3 is 15.4 Å². The van der Waals surface area contributed by atoms with E-state index in [9.17, 15) is 0 Å². The molecule has 2 N–H and O–H groups in total. The summed E-state index contributed by atoms with van der Waals surface area (Å²) < 4.78 is 5.66. The summed E-state index contributed by atoms with van der Waals surface area (Å²) in [4.78, 5) is 0. The third kappa shape index (κ3) is 4.94. The van der Waals surface area contributed by atoms with E-state index in [1.165, 1.54) is 0 Å². The van der Waals surface area contributed by atoms with E-state index >= 15 is 0 Å². The summed E-state index contributed by atoms with van der Waals surface area (Å²) >= 11 is 0. The Hall–Kier alpha value is -2.00. The molecule has 0 amide bonds. The third-order valence-electron chi connectivity index (χ3n) is 2.86. The molecule has 0 radical (unpaired) electrons. The van der Waals surface area contributed by atoms with Crippen molar-refractivity contribution in [1.29, 1.82) is 0 Å². The van der Waals surface area contributed by atoms with Crippen LogP contribution in [0, 0.1) is 0 Å². The molecule has 0 aliphatic heterocycles. The molecule has 2 rings (SSSR count). The van der Waals surface area contributed by atoms with Crippen molar-refractivity contribution in [2.75, 3.05) is 23.8 Å². The zero-order valence-corrected chi connectivity index (χ0v) is 11.9. The van der Waals surface area contributed by atoms with Gasteiger partial charge in [0.15, 0.2) is 0 Å². The largest absolute Gasteiger partial charge is 0.377 e. The second kappa shape index (κ2) is 8.23. The van der Waals surface area contributed by atoms with Crippen molar-refractivity contribution >= 4 is 11.4 Å². The van der Waals surface area contributed by atoms with Crippen LogP contribution in [0.5, 0.6) is 0 Å². The van der Waals surface area contributed by atoms with E-state index in [0.717, 1.165) is 24.4 Å². The van der Waals surface area contributed by atoms with Crippen molar-refractivity contribution in [3.05, 3.63) is 60.7 Å². The van der Waals surface area contributed by atoms with E-state index in [-0.39, 0.29) is 6.17 Å². The molecular formula is C17H22N2O. The Morgan fingerprint density at radius 2 is 1.35 bits per heavy atom. The van der Waals surface area contributed by atoms with Crippen molar-refractivity contribution in [2.24, 2.45) is 0 Å². The van der Waals surface area contributed by atoms with Gasteiger partial charge in [0.25, 0.3) is 0 Å². The van der Waals surface area contributed by atoms with Crippen LogP contribution in [-0.2, 0) is 4.74 Å². The molecule has 0 spiro atoms. The summed E-state index contributed by atoms with van der Waals surface area (Å²) in [6, 6.07) is 20.3. The first-order valence-corrected chi connectivity index (χ1v) is 7.09. The predicted octanol–water partition coefficient (Wildman–Crippen LogP) is 3.96. The van der Waals surface area contributed by atoms with E-state index in [2.05, 4.69) is 41.8 Å². The first-order valence-electron chi connectivity index (χ1n) is 7.09. The van der Waals surface area contributed by atoms with Crippen LogP contribution in [0.25, 0.3) is 0 Å². The first-order chi connectivity index (χ1) is 9.88. The molecule has 0 unspecified atom stereocenters. The lowest BCUT2D eigenvalue weighted by Gasteiger charge is -2.22. The highest BCUT2D eigenvalue weighted by Crippen LogP contribution is 2.11. The van der Waals surface area contributed by atoms with Gasteiger partial charge in [0.05, 0.1) is 6.61 Å². The van der Waals surface area contributed by atoms with Crippen molar-refractivity contribution < 1.29 is 4.74 Å². The van der Waals surface area contributed by atoms with Gasteiger partial charge in [0.2, 0.25) is 0 Å². The van der Waals surface area contributed by atoms with Gasteiger partial charge in [0.1, 0.15) is 6.17 Å². The Morgan fingerprint density at radius 1 is 0.850 bits per heavy atom. The fourth-order valence-corrected chi connectivity index (χ4v) is 1.94. The quantitative estimate of drug-likeness (QED) is 0.562. The Labute approximate surface area is 121 Å². The molecular weight excluding hydrogens is 248 g/mol. The van der Waals surface area contributed by atoms with E-state index in [4.69, 9.17) is 4.74 Å². The van der Waals surface area contributed by atoms with Crippen LogP contribution in [0.1, 0.15) is 13.3 Å². The van der Waals surface area contributed by atoms with Crippen LogP contribution < -0.4 is 10.6 Å². The number of rotatable bonds is 8. The van der Waals surface area contributed by atoms with Gasteiger partial charge >= 0.3 is 0 Å².